The van der Waals surface area contributed by atoms with Crippen LogP contribution in [0.4, 0.5) is 5.82 Å². The van der Waals surface area contributed by atoms with Crippen molar-refractivity contribution in [2.24, 2.45) is 4.99 Å². The Balaban J connectivity index is 0.00000289. The lowest BCUT2D eigenvalue weighted by Crippen LogP contribution is -2.48. The number of benzene rings is 1. The lowest BCUT2D eigenvalue weighted by atomic mass is 10.0. The molecule has 4 rings (SSSR count). The number of nitrogens with one attached hydrogen (secondary N) is 2. The summed E-state index contributed by atoms with van der Waals surface area (Å²) >= 11 is 0. The molecule has 3 heterocycles. The van der Waals surface area contributed by atoms with Gasteiger partial charge in [-0.1, -0.05) is 30.3 Å². The fraction of sp³-hybridized carbons (Fsp3) is 0.520. The number of likely N-dealkylation sites (tertiary alicyclic amines) is 1. The van der Waals surface area contributed by atoms with Gasteiger partial charge in [0.05, 0.1) is 6.54 Å². The van der Waals surface area contributed by atoms with Crippen molar-refractivity contribution in [1.82, 2.24) is 20.5 Å². The third kappa shape index (κ3) is 7.33. The highest BCUT2D eigenvalue weighted by Gasteiger charge is 2.20. The van der Waals surface area contributed by atoms with Crippen LogP contribution in [0.15, 0.2) is 53.7 Å². The minimum absolute atomic E-state index is 0. The SMILES string of the molecule is CCNC(=NCc1ccnc(N2CCCC2)c1)NC1CCN(Cc2ccccc2)CC1.I. The number of anilines is 1. The first-order valence-electron chi connectivity index (χ1n) is 11.8. The molecule has 32 heavy (non-hydrogen) atoms. The molecule has 2 aliphatic heterocycles. The van der Waals surface area contributed by atoms with E-state index in [1.807, 2.05) is 6.20 Å². The molecule has 0 aliphatic carbocycles. The van der Waals surface area contributed by atoms with Crippen LogP contribution in [0.25, 0.3) is 0 Å². The molecular formula is C25H37IN6. The van der Waals surface area contributed by atoms with Gasteiger partial charge in [-0.15, -0.1) is 24.0 Å². The van der Waals surface area contributed by atoms with Gasteiger partial charge in [0, 0.05) is 51.5 Å². The van der Waals surface area contributed by atoms with Crippen LogP contribution in [0.2, 0.25) is 0 Å². The van der Waals surface area contributed by atoms with E-state index in [4.69, 9.17) is 4.99 Å². The summed E-state index contributed by atoms with van der Waals surface area (Å²) in [6.07, 6.45) is 6.74. The van der Waals surface area contributed by atoms with Gasteiger partial charge in [-0.3, -0.25) is 4.90 Å². The van der Waals surface area contributed by atoms with Gasteiger partial charge in [0.15, 0.2) is 5.96 Å². The molecule has 0 atom stereocenters. The Morgan fingerprint density at radius 2 is 1.78 bits per heavy atom. The van der Waals surface area contributed by atoms with E-state index in [1.54, 1.807) is 0 Å². The van der Waals surface area contributed by atoms with E-state index in [-0.39, 0.29) is 24.0 Å². The number of piperidine rings is 1. The number of aromatic nitrogens is 1. The molecule has 6 nitrogen and oxygen atoms in total. The molecule has 1 aromatic carbocycles. The van der Waals surface area contributed by atoms with Crippen molar-refractivity contribution >= 4 is 35.8 Å². The second kappa shape index (κ2) is 13.0. The average molecular weight is 549 g/mol. The van der Waals surface area contributed by atoms with Crippen LogP contribution < -0.4 is 15.5 Å². The average Bonchev–Trinajstić information content (AvgIpc) is 3.35. The van der Waals surface area contributed by atoms with Gasteiger partial charge in [0.2, 0.25) is 0 Å². The minimum atomic E-state index is 0. The number of rotatable bonds is 7. The van der Waals surface area contributed by atoms with Crippen molar-refractivity contribution in [1.29, 1.82) is 0 Å². The van der Waals surface area contributed by atoms with Gasteiger partial charge in [-0.25, -0.2) is 9.98 Å². The molecule has 7 heteroatoms. The molecule has 0 spiro atoms. The Bertz CT molecular complexity index is 829. The first-order chi connectivity index (χ1) is 15.3. The highest BCUT2D eigenvalue weighted by atomic mass is 127. The van der Waals surface area contributed by atoms with Gasteiger partial charge < -0.3 is 15.5 Å². The summed E-state index contributed by atoms with van der Waals surface area (Å²) in [4.78, 5) is 14.3. The van der Waals surface area contributed by atoms with Gasteiger partial charge >= 0.3 is 0 Å². The first kappa shape index (κ1) is 24.8. The second-order valence-electron chi connectivity index (χ2n) is 8.59. The standard InChI is InChI=1S/C25H36N6.HI/c1-2-26-25(28-19-22-10-13-27-24(18-22)31-14-6-7-15-31)29-23-11-16-30(17-12-23)20-21-8-4-3-5-9-21;/h3-5,8-10,13,18,23H,2,6-7,11-12,14-17,19-20H2,1H3,(H2,26,28,29);1H. The number of pyridine rings is 1. The van der Waals surface area contributed by atoms with Crippen LogP contribution in [0.1, 0.15) is 43.7 Å². The van der Waals surface area contributed by atoms with Crippen molar-refractivity contribution in [3.05, 3.63) is 59.8 Å². The van der Waals surface area contributed by atoms with E-state index in [0.29, 0.717) is 12.6 Å². The second-order valence-corrected chi connectivity index (χ2v) is 8.59. The predicted molar refractivity (Wildman–Crippen MR) is 144 cm³/mol. The zero-order valence-electron chi connectivity index (χ0n) is 19.2. The summed E-state index contributed by atoms with van der Waals surface area (Å²) in [5, 5.41) is 7.09. The van der Waals surface area contributed by atoms with E-state index >= 15 is 0 Å². The third-order valence-corrected chi connectivity index (χ3v) is 6.18. The molecule has 1 aromatic heterocycles. The van der Waals surface area contributed by atoms with Gasteiger partial charge in [0.25, 0.3) is 0 Å². The summed E-state index contributed by atoms with van der Waals surface area (Å²) in [5.41, 5.74) is 2.61. The maximum absolute atomic E-state index is 4.87. The summed E-state index contributed by atoms with van der Waals surface area (Å²) < 4.78 is 0. The van der Waals surface area contributed by atoms with Crippen molar-refractivity contribution in [2.45, 2.75) is 51.7 Å². The van der Waals surface area contributed by atoms with Crippen LogP contribution in [-0.2, 0) is 13.1 Å². The summed E-state index contributed by atoms with van der Waals surface area (Å²) in [6, 6.07) is 15.5. The Morgan fingerprint density at radius 3 is 2.50 bits per heavy atom. The van der Waals surface area contributed by atoms with Crippen LogP contribution in [0.3, 0.4) is 0 Å². The van der Waals surface area contributed by atoms with Crippen molar-refractivity contribution in [2.75, 3.05) is 37.6 Å². The molecule has 174 valence electrons. The number of halogens is 1. The predicted octanol–water partition coefficient (Wildman–Crippen LogP) is 4.02. The van der Waals surface area contributed by atoms with Crippen LogP contribution in [-0.4, -0.2) is 54.6 Å². The van der Waals surface area contributed by atoms with Gasteiger partial charge in [-0.05, 0) is 55.9 Å². The topological polar surface area (TPSA) is 55.8 Å². The molecule has 2 N–H and O–H groups in total. The van der Waals surface area contributed by atoms with E-state index in [1.165, 1.54) is 24.0 Å². The lowest BCUT2D eigenvalue weighted by Gasteiger charge is -2.33. The number of aliphatic imine (C=N–C) groups is 1. The largest absolute Gasteiger partial charge is 0.357 e. The molecule has 0 bridgehead atoms. The third-order valence-electron chi connectivity index (χ3n) is 6.18. The molecule has 2 saturated heterocycles. The fourth-order valence-electron chi connectivity index (χ4n) is 4.44. The monoisotopic (exact) mass is 548 g/mol. The number of hydrogen-bond donors (Lipinski definition) is 2. The van der Waals surface area contributed by atoms with E-state index in [0.717, 1.165) is 63.9 Å². The van der Waals surface area contributed by atoms with E-state index in [9.17, 15) is 0 Å². The molecular weight excluding hydrogens is 511 g/mol. The lowest BCUT2D eigenvalue weighted by molar-refractivity contribution is 0.198. The summed E-state index contributed by atoms with van der Waals surface area (Å²) in [5.74, 6) is 2.01. The quantitative estimate of drug-likeness (QED) is 0.311. The highest BCUT2D eigenvalue weighted by molar-refractivity contribution is 14.0. The molecule has 0 amide bonds. The number of guanidine groups is 1. The smallest absolute Gasteiger partial charge is 0.191 e. The van der Waals surface area contributed by atoms with Crippen LogP contribution in [0.5, 0.6) is 0 Å². The molecule has 2 aromatic rings. The van der Waals surface area contributed by atoms with Crippen LogP contribution in [0, 0.1) is 0 Å². The molecule has 2 aliphatic rings. The van der Waals surface area contributed by atoms with Crippen LogP contribution >= 0.6 is 24.0 Å². The number of nitrogens with zero attached hydrogens (tertiary/aromatic N) is 4. The Kier molecular flexibility index (Phi) is 10.1. The Hall–Kier alpha value is -1.87. The van der Waals surface area contributed by atoms with E-state index in [2.05, 4.69) is 74.8 Å². The fourth-order valence-corrected chi connectivity index (χ4v) is 4.44. The van der Waals surface area contributed by atoms with E-state index < -0.39 is 0 Å². The van der Waals surface area contributed by atoms with Crippen molar-refractivity contribution < 1.29 is 0 Å². The van der Waals surface area contributed by atoms with Gasteiger partial charge in [0.1, 0.15) is 5.82 Å². The Labute approximate surface area is 209 Å². The van der Waals surface area contributed by atoms with Crippen molar-refractivity contribution in [3.8, 4) is 0 Å². The zero-order valence-corrected chi connectivity index (χ0v) is 21.5. The van der Waals surface area contributed by atoms with Gasteiger partial charge in [-0.2, -0.15) is 0 Å². The summed E-state index contributed by atoms with van der Waals surface area (Å²) in [6.45, 7) is 9.19. The zero-order chi connectivity index (χ0) is 21.3. The molecule has 0 unspecified atom stereocenters. The summed E-state index contributed by atoms with van der Waals surface area (Å²) in [7, 11) is 0. The Morgan fingerprint density at radius 1 is 1.03 bits per heavy atom. The highest BCUT2D eigenvalue weighted by Crippen LogP contribution is 2.19. The molecule has 2 fully saturated rings. The van der Waals surface area contributed by atoms with Crippen molar-refractivity contribution in [3.63, 3.8) is 0 Å². The normalized spacial score (nSPS) is 17.8. The minimum Gasteiger partial charge on any atom is -0.357 e. The maximum atomic E-state index is 4.87. The number of hydrogen-bond acceptors (Lipinski definition) is 4. The molecule has 0 radical (unpaired) electrons. The molecule has 0 saturated carbocycles. The maximum Gasteiger partial charge on any atom is 0.191 e. The first-order valence-corrected chi connectivity index (χ1v) is 11.8.